The number of nitrogens with zero attached hydrogens (tertiary/aromatic N) is 1. The van der Waals surface area contributed by atoms with Crippen molar-refractivity contribution in [2.75, 3.05) is 18.4 Å². The number of hydrogen-bond donors (Lipinski definition) is 3. The molecule has 1 saturated heterocycles. The van der Waals surface area contributed by atoms with E-state index in [4.69, 9.17) is 28.3 Å². The Balaban J connectivity index is 1.57. The van der Waals surface area contributed by atoms with Gasteiger partial charge < -0.3 is 20.6 Å². The highest BCUT2D eigenvalue weighted by molar-refractivity contribution is 6.45. The number of anilines is 1. The summed E-state index contributed by atoms with van der Waals surface area (Å²) in [4.78, 5) is 49.7. The minimum Gasteiger partial charge on any atom is -0.480 e. The third-order valence-electron chi connectivity index (χ3n) is 5.71. The number of aliphatic carboxylic acids is 1. The highest BCUT2D eigenvalue weighted by Crippen LogP contribution is 2.34. The summed E-state index contributed by atoms with van der Waals surface area (Å²) in [6.07, 6.45) is 3.82. The van der Waals surface area contributed by atoms with Gasteiger partial charge in [-0.3, -0.25) is 19.2 Å². The highest BCUT2D eigenvalue weighted by atomic mass is 35.5. The molecule has 3 amide bonds. The normalized spacial score (nSPS) is 15.0. The standard InChI is InChI=1S/C25H25Cl2N3O5/c1-15(25(34)35)28-23(32)18-11-13-30(14-12-18)20(31)10-8-16-7-9-19(22(27)21(16)26)29-24(33)17-5-3-2-4-6-17/h2-10,15,18H,11-14H2,1H3,(H,28,32)(H,29,33)(H,34,35). The zero-order valence-corrected chi connectivity index (χ0v) is 20.5. The second-order valence-electron chi connectivity index (χ2n) is 8.15. The molecule has 35 heavy (non-hydrogen) atoms. The maximum Gasteiger partial charge on any atom is 0.325 e. The van der Waals surface area contributed by atoms with Crippen LogP contribution in [0.1, 0.15) is 35.7 Å². The number of piperidine rings is 1. The van der Waals surface area contributed by atoms with Gasteiger partial charge in [-0.05, 0) is 49.6 Å². The fraction of sp³-hybridized carbons (Fsp3) is 0.280. The fourth-order valence-electron chi connectivity index (χ4n) is 3.60. The Morgan fingerprint density at radius 1 is 1.03 bits per heavy atom. The molecule has 0 radical (unpaired) electrons. The first kappa shape index (κ1) is 26.2. The number of carbonyl (C=O) groups excluding carboxylic acids is 3. The Bertz CT molecular complexity index is 1150. The Hall–Kier alpha value is -3.36. The molecule has 2 aromatic carbocycles. The minimum atomic E-state index is -1.10. The molecule has 10 heteroatoms. The molecule has 8 nitrogen and oxygen atoms in total. The van der Waals surface area contributed by atoms with Crippen molar-refractivity contribution < 1.29 is 24.3 Å². The Labute approximate surface area is 212 Å². The number of carboxylic acid groups (broad SMARTS) is 1. The van der Waals surface area contributed by atoms with Crippen molar-refractivity contribution in [2.24, 2.45) is 5.92 Å². The van der Waals surface area contributed by atoms with Crippen LogP contribution >= 0.6 is 23.2 Å². The second-order valence-corrected chi connectivity index (χ2v) is 8.91. The molecule has 2 aromatic rings. The van der Waals surface area contributed by atoms with Crippen molar-refractivity contribution in [3.05, 3.63) is 69.7 Å². The molecule has 0 aromatic heterocycles. The fourth-order valence-corrected chi connectivity index (χ4v) is 4.04. The summed E-state index contributed by atoms with van der Waals surface area (Å²) in [5, 5.41) is 14.5. The summed E-state index contributed by atoms with van der Waals surface area (Å²) >= 11 is 12.7. The lowest BCUT2D eigenvalue weighted by atomic mass is 9.95. The van der Waals surface area contributed by atoms with Crippen LogP contribution in [0, 0.1) is 5.92 Å². The van der Waals surface area contributed by atoms with Crippen LogP contribution in [0.4, 0.5) is 5.69 Å². The average Bonchev–Trinajstić information content (AvgIpc) is 2.86. The topological polar surface area (TPSA) is 116 Å². The SMILES string of the molecule is CC(NC(=O)C1CCN(C(=O)C=Cc2ccc(NC(=O)c3ccccc3)c(Cl)c2Cl)CC1)C(=O)O. The number of hydrogen-bond acceptors (Lipinski definition) is 4. The van der Waals surface area contributed by atoms with Gasteiger partial charge in [0.1, 0.15) is 6.04 Å². The largest absolute Gasteiger partial charge is 0.480 e. The first-order chi connectivity index (χ1) is 16.7. The monoisotopic (exact) mass is 517 g/mol. The van der Waals surface area contributed by atoms with Gasteiger partial charge in [-0.25, -0.2) is 0 Å². The van der Waals surface area contributed by atoms with E-state index in [2.05, 4.69) is 10.6 Å². The number of likely N-dealkylation sites (tertiary alicyclic amines) is 1. The van der Waals surface area contributed by atoms with Crippen LogP contribution in [-0.4, -0.2) is 52.8 Å². The second kappa shape index (κ2) is 11.9. The van der Waals surface area contributed by atoms with Crippen molar-refractivity contribution in [3.63, 3.8) is 0 Å². The van der Waals surface area contributed by atoms with Crippen LogP contribution in [0.2, 0.25) is 10.0 Å². The lowest BCUT2D eigenvalue weighted by Gasteiger charge is -2.31. The quantitative estimate of drug-likeness (QED) is 0.478. The third kappa shape index (κ3) is 6.83. The lowest BCUT2D eigenvalue weighted by Crippen LogP contribution is -2.46. The Morgan fingerprint density at radius 3 is 2.31 bits per heavy atom. The molecule has 3 N–H and O–H groups in total. The maximum atomic E-state index is 12.6. The van der Waals surface area contributed by atoms with E-state index in [1.807, 2.05) is 6.07 Å². The molecular formula is C25H25Cl2N3O5. The number of nitrogens with one attached hydrogen (secondary N) is 2. The molecule has 184 valence electrons. The van der Waals surface area contributed by atoms with Gasteiger partial charge in [-0.15, -0.1) is 0 Å². The lowest BCUT2D eigenvalue weighted by molar-refractivity contribution is -0.142. The summed E-state index contributed by atoms with van der Waals surface area (Å²) in [7, 11) is 0. The Morgan fingerprint density at radius 2 is 1.69 bits per heavy atom. The average molecular weight is 518 g/mol. The van der Waals surface area contributed by atoms with Gasteiger partial charge in [0, 0.05) is 30.6 Å². The zero-order valence-electron chi connectivity index (χ0n) is 19.0. The van der Waals surface area contributed by atoms with E-state index in [0.717, 1.165) is 0 Å². The van der Waals surface area contributed by atoms with Gasteiger partial charge in [0.2, 0.25) is 11.8 Å². The number of rotatable bonds is 7. The summed E-state index contributed by atoms with van der Waals surface area (Å²) in [6, 6.07) is 11.0. The van der Waals surface area contributed by atoms with Crippen molar-refractivity contribution in [1.82, 2.24) is 10.2 Å². The highest BCUT2D eigenvalue weighted by Gasteiger charge is 2.28. The van der Waals surface area contributed by atoms with E-state index in [9.17, 15) is 19.2 Å². The number of benzene rings is 2. The van der Waals surface area contributed by atoms with Crippen molar-refractivity contribution in [1.29, 1.82) is 0 Å². The van der Waals surface area contributed by atoms with Crippen molar-refractivity contribution >= 4 is 58.7 Å². The van der Waals surface area contributed by atoms with E-state index in [1.165, 1.54) is 13.0 Å². The number of amides is 3. The smallest absolute Gasteiger partial charge is 0.325 e. The first-order valence-electron chi connectivity index (χ1n) is 11.0. The number of carboxylic acids is 1. The summed E-state index contributed by atoms with van der Waals surface area (Å²) in [5.41, 5.74) is 1.35. The molecule has 0 aliphatic carbocycles. The van der Waals surface area contributed by atoms with Crippen LogP contribution in [0.3, 0.4) is 0 Å². The van der Waals surface area contributed by atoms with E-state index < -0.39 is 12.0 Å². The molecule has 0 bridgehead atoms. The number of halogens is 2. The van der Waals surface area contributed by atoms with Gasteiger partial charge in [0.15, 0.2) is 0 Å². The van der Waals surface area contributed by atoms with Crippen LogP contribution in [-0.2, 0) is 14.4 Å². The van der Waals surface area contributed by atoms with Crippen LogP contribution < -0.4 is 10.6 Å². The minimum absolute atomic E-state index is 0.160. The summed E-state index contributed by atoms with van der Waals surface area (Å²) in [5.74, 6) is -2.31. The predicted molar refractivity (Wildman–Crippen MR) is 134 cm³/mol. The molecule has 1 unspecified atom stereocenters. The zero-order chi connectivity index (χ0) is 25.5. The van der Waals surface area contributed by atoms with Gasteiger partial charge in [-0.1, -0.05) is 47.5 Å². The third-order valence-corrected chi connectivity index (χ3v) is 6.60. The molecule has 1 aliphatic heterocycles. The molecule has 1 atom stereocenters. The molecule has 0 saturated carbocycles. The molecule has 1 fully saturated rings. The van der Waals surface area contributed by atoms with Gasteiger partial charge in [-0.2, -0.15) is 0 Å². The molecule has 0 spiro atoms. The van der Waals surface area contributed by atoms with E-state index in [1.54, 1.807) is 47.4 Å². The number of carbonyl (C=O) groups is 4. The van der Waals surface area contributed by atoms with Gasteiger partial charge in [0.25, 0.3) is 5.91 Å². The van der Waals surface area contributed by atoms with Crippen LogP contribution in [0.5, 0.6) is 0 Å². The summed E-state index contributed by atoms with van der Waals surface area (Å²) in [6.45, 7) is 2.16. The van der Waals surface area contributed by atoms with E-state index in [-0.39, 0.29) is 33.7 Å². The molecule has 1 aliphatic rings. The van der Waals surface area contributed by atoms with Crippen LogP contribution in [0.25, 0.3) is 6.08 Å². The summed E-state index contributed by atoms with van der Waals surface area (Å²) < 4.78 is 0. The Kier molecular flexibility index (Phi) is 8.89. The molecule has 1 heterocycles. The maximum absolute atomic E-state index is 12.6. The molecule has 3 rings (SSSR count). The van der Waals surface area contributed by atoms with Crippen molar-refractivity contribution in [3.8, 4) is 0 Å². The molecular weight excluding hydrogens is 493 g/mol. The van der Waals surface area contributed by atoms with Gasteiger partial charge in [0.05, 0.1) is 15.7 Å². The van der Waals surface area contributed by atoms with E-state index in [0.29, 0.717) is 42.7 Å². The first-order valence-corrected chi connectivity index (χ1v) is 11.8. The van der Waals surface area contributed by atoms with Crippen molar-refractivity contribution in [2.45, 2.75) is 25.8 Å². The van der Waals surface area contributed by atoms with Crippen LogP contribution in [0.15, 0.2) is 48.5 Å². The van der Waals surface area contributed by atoms with Gasteiger partial charge >= 0.3 is 5.97 Å². The van der Waals surface area contributed by atoms with E-state index >= 15 is 0 Å². The predicted octanol–water partition coefficient (Wildman–Crippen LogP) is 4.09.